The quantitative estimate of drug-likeness (QED) is 0.439. The van der Waals surface area contributed by atoms with Gasteiger partial charge in [0, 0.05) is 20.1 Å². The summed E-state index contributed by atoms with van der Waals surface area (Å²) >= 11 is 0. The van der Waals surface area contributed by atoms with Crippen LogP contribution in [0.3, 0.4) is 0 Å². The fraction of sp³-hybridized carbons (Fsp3) is 0.850. The summed E-state index contributed by atoms with van der Waals surface area (Å²) in [6.07, 6.45) is 10.1. The van der Waals surface area contributed by atoms with Gasteiger partial charge in [0.1, 0.15) is 0 Å². The maximum absolute atomic E-state index is 11.9. The van der Waals surface area contributed by atoms with Crippen molar-refractivity contribution in [2.45, 2.75) is 69.7 Å². The summed E-state index contributed by atoms with van der Waals surface area (Å²) in [6, 6.07) is 0. The van der Waals surface area contributed by atoms with Crippen LogP contribution in [-0.2, 0) is 21.5 Å². The Morgan fingerprint density at radius 2 is 2.14 bits per heavy atom. The molecule has 0 saturated heterocycles. The molecule has 1 amide bonds. The maximum Gasteiger partial charge on any atom is 0.244 e. The second-order valence-electron chi connectivity index (χ2n) is 8.60. The third-order valence-electron chi connectivity index (χ3n) is 6.46. The van der Waals surface area contributed by atoms with Gasteiger partial charge in [-0.3, -0.25) is 14.9 Å². The number of hydroxylamine groups is 1. The molecule has 0 radical (unpaired) electrons. The number of hydrogen-bond donors (Lipinski definition) is 2. The number of likely N-dealkylation sites (N-methyl/N-ethyl adjacent to an activating group) is 1. The Bertz CT molecular complexity index is 631. The molecule has 8 heteroatoms. The lowest BCUT2D eigenvalue weighted by Crippen LogP contribution is -2.26. The molecular weight excluding hydrogens is 360 g/mol. The zero-order valence-corrected chi connectivity index (χ0v) is 17.2. The number of carbonyl (C=O) groups excluding carboxylic acids is 1. The number of hydrogen-bond acceptors (Lipinski definition) is 7. The van der Waals surface area contributed by atoms with Crippen LogP contribution < -0.4 is 5.48 Å². The van der Waals surface area contributed by atoms with Gasteiger partial charge in [0.25, 0.3) is 0 Å². The van der Waals surface area contributed by atoms with Crippen LogP contribution in [-0.4, -0.2) is 53.5 Å². The molecule has 2 aliphatic rings. The normalized spacial score (nSPS) is 25.2. The molecule has 0 aliphatic heterocycles. The number of aromatic nitrogens is 2. The molecule has 2 atom stereocenters. The highest BCUT2D eigenvalue weighted by Crippen LogP contribution is 2.58. The van der Waals surface area contributed by atoms with Crippen LogP contribution >= 0.6 is 0 Å². The van der Waals surface area contributed by atoms with Gasteiger partial charge in [-0.15, -0.1) is 0 Å². The van der Waals surface area contributed by atoms with E-state index in [1.807, 2.05) is 7.05 Å². The standard InChI is InChI=1S/C20H34N4O4/c1-24(10-11-27-2)14-17-21-19(28-23-17)20(13-18(25)22-26)12-16(20)9-8-15-6-4-3-5-7-15/h15-16,26H,3-14H2,1-2H3,(H,22,25). The first-order chi connectivity index (χ1) is 13.6. The largest absolute Gasteiger partial charge is 0.383 e. The number of nitrogens with zero attached hydrogens (tertiary/aromatic N) is 3. The van der Waals surface area contributed by atoms with Gasteiger partial charge in [-0.05, 0) is 31.7 Å². The maximum atomic E-state index is 11.9. The summed E-state index contributed by atoms with van der Waals surface area (Å²) in [4.78, 5) is 18.6. The van der Waals surface area contributed by atoms with E-state index in [0.29, 0.717) is 30.8 Å². The van der Waals surface area contributed by atoms with Gasteiger partial charge < -0.3 is 9.26 Å². The van der Waals surface area contributed by atoms with Gasteiger partial charge in [-0.2, -0.15) is 4.98 Å². The van der Waals surface area contributed by atoms with E-state index in [1.54, 1.807) is 12.6 Å². The second kappa shape index (κ2) is 9.80. The molecule has 0 bridgehead atoms. The monoisotopic (exact) mass is 394 g/mol. The molecule has 2 aliphatic carbocycles. The van der Waals surface area contributed by atoms with Gasteiger partial charge in [-0.25, -0.2) is 5.48 Å². The van der Waals surface area contributed by atoms with E-state index >= 15 is 0 Å². The molecular formula is C20H34N4O4. The van der Waals surface area contributed by atoms with Crippen molar-refractivity contribution >= 4 is 5.91 Å². The van der Waals surface area contributed by atoms with Crippen molar-refractivity contribution in [3.63, 3.8) is 0 Å². The molecule has 1 aromatic heterocycles. The molecule has 28 heavy (non-hydrogen) atoms. The highest BCUT2D eigenvalue weighted by atomic mass is 16.5. The first-order valence-electron chi connectivity index (χ1n) is 10.5. The average Bonchev–Trinajstić information content (AvgIpc) is 3.19. The van der Waals surface area contributed by atoms with Crippen molar-refractivity contribution in [2.75, 3.05) is 27.3 Å². The van der Waals surface area contributed by atoms with Crippen molar-refractivity contribution in [3.8, 4) is 0 Å². The number of carbonyl (C=O) groups is 1. The Morgan fingerprint density at radius 1 is 1.36 bits per heavy atom. The molecule has 2 N–H and O–H groups in total. The minimum Gasteiger partial charge on any atom is -0.383 e. The van der Waals surface area contributed by atoms with E-state index in [1.165, 1.54) is 38.5 Å². The first-order valence-corrected chi connectivity index (χ1v) is 10.5. The first kappa shape index (κ1) is 21.2. The Morgan fingerprint density at radius 3 is 2.86 bits per heavy atom. The zero-order chi connectivity index (χ0) is 20.0. The fourth-order valence-corrected chi connectivity index (χ4v) is 4.64. The minimum absolute atomic E-state index is 0.194. The van der Waals surface area contributed by atoms with Crippen molar-refractivity contribution in [1.29, 1.82) is 0 Å². The van der Waals surface area contributed by atoms with Crippen LogP contribution in [0.25, 0.3) is 0 Å². The SMILES string of the molecule is COCCN(C)Cc1noc(C2(CC(=O)NO)CC2CCC2CCCCC2)n1. The van der Waals surface area contributed by atoms with Crippen LogP contribution in [0.5, 0.6) is 0 Å². The minimum atomic E-state index is -0.419. The van der Waals surface area contributed by atoms with E-state index < -0.39 is 11.3 Å². The number of rotatable bonds is 11. The van der Waals surface area contributed by atoms with E-state index in [2.05, 4.69) is 15.0 Å². The Balaban J connectivity index is 1.61. The number of ether oxygens (including phenoxy) is 1. The van der Waals surface area contributed by atoms with Crippen molar-refractivity contribution in [3.05, 3.63) is 11.7 Å². The third-order valence-corrected chi connectivity index (χ3v) is 6.46. The van der Waals surface area contributed by atoms with Crippen molar-refractivity contribution in [2.24, 2.45) is 11.8 Å². The van der Waals surface area contributed by atoms with E-state index in [-0.39, 0.29) is 6.42 Å². The molecule has 3 rings (SSSR count). The highest BCUT2D eigenvalue weighted by molar-refractivity contribution is 5.77. The van der Waals surface area contributed by atoms with Crippen LogP contribution in [0.4, 0.5) is 0 Å². The van der Waals surface area contributed by atoms with Crippen LogP contribution in [0.1, 0.15) is 69.5 Å². The van der Waals surface area contributed by atoms with E-state index in [4.69, 9.17) is 14.5 Å². The van der Waals surface area contributed by atoms with E-state index in [9.17, 15) is 4.79 Å². The van der Waals surface area contributed by atoms with Gasteiger partial charge in [0.15, 0.2) is 5.82 Å². The molecule has 158 valence electrons. The fourth-order valence-electron chi connectivity index (χ4n) is 4.64. The van der Waals surface area contributed by atoms with Gasteiger partial charge in [-0.1, -0.05) is 43.7 Å². The van der Waals surface area contributed by atoms with Gasteiger partial charge in [0.05, 0.1) is 18.6 Å². The molecule has 1 heterocycles. The predicted octanol–water partition coefficient (Wildman–Crippen LogP) is 2.66. The summed E-state index contributed by atoms with van der Waals surface area (Å²) in [5.41, 5.74) is 1.35. The molecule has 8 nitrogen and oxygen atoms in total. The molecule has 0 aromatic carbocycles. The Kier molecular flexibility index (Phi) is 7.42. The average molecular weight is 395 g/mol. The highest BCUT2D eigenvalue weighted by Gasteiger charge is 2.59. The zero-order valence-electron chi connectivity index (χ0n) is 17.2. The van der Waals surface area contributed by atoms with E-state index in [0.717, 1.165) is 25.3 Å². The lowest BCUT2D eigenvalue weighted by atomic mass is 9.84. The summed E-state index contributed by atoms with van der Waals surface area (Å²) < 4.78 is 10.7. The second-order valence-corrected chi connectivity index (χ2v) is 8.60. The lowest BCUT2D eigenvalue weighted by Gasteiger charge is -2.21. The van der Waals surface area contributed by atoms with Gasteiger partial charge >= 0.3 is 0 Å². The lowest BCUT2D eigenvalue weighted by molar-refractivity contribution is -0.130. The summed E-state index contributed by atoms with van der Waals surface area (Å²) in [7, 11) is 3.66. The molecule has 2 saturated carbocycles. The summed E-state index contributed by atoms with van der Waals surface area (Å²) in [6.45, 7) is 2.00. The summed E-state index contributed by atoms with van der Waals surface area (Å²) in [5.74, 6) is 1.95. The molecule has 2 fully saturated rings. The number of nitrogens with one attached hydrogen (secondary N) is 1. The summed E-state index contributed by atoms with van der Waals surface area (Å²) in [5, 5.41) is 13.1. The van der Waals surface area contributed by atoms with Crippen molar-refractivity contribution < 1.29 is 19.3 Å². The Labute approximate surface area is 167 Å². The van der Waals surface area contributed by atoms with Crippen molar-refractivity contribution in [1.82, 2.24) is 20.5 Å². The van der Waals surface area contributed by atoms with Crippen LogP contribution in [0, 0.1) is 11.8 Å². The van der Waals surface area contributed by atoms with Crippen LogP contribution in [0.2, 0.25) is 0 Å². The molecule has 1 aromatic rings. The van der Waals surface area contributed by atoms with Crippen LogP contribution in [0.15, 0.2) is 4.52 Å². The predicted molar refractivity (Wildman–Crippen MR) is 103 cm³/mol. The number of methoxy groups -OCH3 is 1. The third kappa shape index (κ3) is 5.30. The topological polar surface area (TPSA) is 101 Å². The number of amides is 1. The molecule has 0 spiro atoms. The molecule has 2 unspecified atom stereocenters. The smallest absolute Gasteiger partial charge is 0.244 e. The Hall–Kier alpha value is -1.51. The van der Waals surface area contributed by atoms with Gasteiger partial charge in [0.2, 0.25) is 11.8 Å².